The number of hydrogen-bond acceptors (Lipinski definition) is 4. The lowest BCUT2D eigenvalue weighted by molar-refractivity contribution is 0.301. The first-order valence-electron chi connectivity index (χ1n) is 5.08. The molecule has 0 aliphatic heterocycles. The average molecular weight is 250 g/mol. The molecule has 0 amide bonds. The fourth-order valence-electron chi connectivity index (χ4n) is 1.33. The van der Waals surface area contributed by atoms with Crippen molar-refractivity contribution >= 4 is 17.3 Å². The van der Waals surface area contributed by atoms with Crippen LogP contribution in [0.5, 0.6) is 5.75 Å². The fourth-order valence-corrected chi connectivity index (χ4v) is 1.46. The van der Waals surface area contributed by atoms with Crippen LogP contribution in [0.2, 0.25) is 5.02 Å². The molecular formula is C12H12ClN3O. The van der Waals surface area contributed by atoms with E-state index in [1.54, 1.807) is 24.4 Å². The van der Waals surface area contributed by atoms with Crippen LogP contribution in [0.4, 0.5) is 5.69 Å². The van der Waals surface area contributed by atoms with Crippen LogP contribution in [-0.2, 0) is 6.61 Å². The summed E-state index contributed by atoms with van der Waals surface area (Å²) >= 11 is 5.78. The molecule has 0 saturated carbocycles. The summed E-state index contributed by atoms with van der Waals surface area (Å²) in [6, 6.07) is 10.8. The van der Waals surface area contributed by atoms with Gasteiger partial charge in [-0.2, -0.15) is 0 Å². The number of nitrogen functional groups attached to an aromatic ring is 1. The number of hydrogen-bond donors (Lipinski definition) is 2. The van der Waals surface area contributed by atoms with Gasteiger partial charge in [-0.05, 0) is 36.4 Å². The molecule has 1 aromatic carbocycles. The van der Waals surface area contributed by atoms with Crippen molar-refractivity contribution in [3.8, 4) is 5.75 Å². The highest BCUT2D eigenvalue weighted by atomic mass is 35.5. The summed E-state index contributed by atoms with van der Waals surface area (Å²) in [7, 11) is 0. The van der Waals surface area contributed by atoms with E-state index in [1.807, 2.05) is 18.2 Å². The second kappa shape index (κ2) is 5.52. The van der Waals surface area contributed by atoms with Gasteiger partial charge in [0.15, 0.2) is 0 Å². The number of nitrogens with two attached hydrogens (primary N) is 1. The van der Waals surface area contributed by atoms with Gasteiger partial charge in [-0.1, -0.05) is 11.6 Å². The lowest BCUT2D eigenvalue weighted by Crippen LogP contribution is -2.08. The van der Waals surface area contributed by atoms with Crippen molar-refractivity contribution in [2.75, 3.05) is 5.43 Å². The summed E-state index contributed by atoms with van der Waals surface area (Å²) in [5.41, 5.74) is 4.16. The van der Waals surface area contributed by atoms with Crippen LogP contribution >= 0.6 is 11.6 Å². The van der Waals surface area contributed by atoms with Crippen molar-refractivity contribution in [3.05, 3.63) is 53.3 Å². The number of benzene rings is 1. The molecule has 0 spiro atoms. The van der Waals surface area contributed by atoms with E-state index >= 15 is 0 Å². The smallest absolute Gasteiger partial charge is 0.130 e. The van der Waals surface area contributed by atoms with Crippen LogP contribution in [0.3, 0.4) is 0 Å². The maximum absolute atomic E-state index is 5.78. The Hall–Kier alpha value is -1.78. The maximum Gasteiger partial charge on any atom is 0.130 e. The quantitative estimate of drug-likeness (QED) is 0.646. The van der Waals surface area contributed by atoms with Gasteiger partial charge in [0.2, 0.25) is 0 Å². The van der Waals surface area contributed by atoms with E-state index in [-0.39, 0.29) is 0 Å². The monoisotopic (exact) mass is 249 g/mol. The number of rotatable bonds is 4. The van der Waals surface area contributed by atoms with E-state index in [0.717, 1.165) is 17.1 Å². The molecule has 2 aromatic rings. The Labute approximate surface area is 104 Å². The van der Waals surface area contributed by atoms with E-state index in [1.165, 1.54) is 0 Å². The Kier molecular flexibility index (Phi) is 3.80. The van der Waals surface area contributed by atoms with Gasteiger partial charge in [-0.25, -0.2) is 0 Å². The molecule has 0 unspecified atom stereocenters. The predicted molar refractivity (Wildman–Crippen MR) is 67.8 cm³/mol. The largest absolute Gasteiger partial charge is 0.487 e. The number of nitrogens with zero attached hydrogens (tertiary/aromatic N) is 1. The van der Waals surface area contributed by atoms with Crippen molar-refractivity contribution < 1.29 is 4.74 Å². The van der Waals surface area contributed by atoms with Crippen molar-refractivity contribution in [2.24, 2.45) is 5.84 Å². The van der Waals surface area contributed by atoms with Crippen LogP contribution in [0.1, 0.15) is 5.69 Å². The van der Waals surface area contributed by atoms with Gasteiger partial charge in [0.25, 0.3) is 0 Å². The van der Waals surface area contributed by atoms with Crippen LogP contribution in [0.25, 0.3) is 0 Å². The highest BCUT2D eigenvalue weighted by Crippen LogP contribution is 2.17. The van der Waals surface area contributed by atoms with Gasteiger partial charge >= 0.3 is 0 Å². The van der Waals surface area contributed by atoms with E-state index in [9.17, 15) is 0 Å². The first kappa shape index (κ1) is 11.7. The van der Waals surface area contributed by atoms with E-state index in [0.29, 0.717) is 11.6 Å². The molecular weight excluding hydrogens is 238 g/mol. The van der Waals surface area contributed by atoms with Gasteiger partial charge in [0.05, 0.1) is 11.4 Å². The maximum atomic E-state index is 5.78. The second-order valence-corrected chi connectivity index (χ2v) is 3.86. The molecule has 5 heteroatoms. The molecule has 0 atom stereocenters. The van der Waals surface area contributed by atoms with Crippen molar-refractivity contribution in [1.82, 2.24) is 4.98 Å². The minimum absolute atomic E-state index is 0.386. The molecule has 88 valence electrons. The third-order valence-electron chi connectivity index (χ3n) is 2.18. The number of halogens is 1. The second-order valence-electron chi connectivity index (χ2n) is 3.42. The standard InChI is InChI=1S/C12H12ClN3O/c13-9-1-3-12(4-2-9)17-8-11-7-10(16-14)5-6-15-11/h1-7H,8,14H2,(H,15,16). The summed E-state index contributed by atoms with van der Waals surface area (Å²) in [5, 5.41) is 0.685. The predicted octanol–water partition coefficient (Wildman–Crippen LogP) is 2.60. The minimum atomic E-state index is 0.386. The summed E-state index contributed by atoms with van der Waals surface area (Å²) < 4.78 is 5.56. The molecule has 3 N–H and O–H groups in total. The molecule has 0 aliphatic carbocycles. The third-order valence-corrected chi connectivity index (χ3v) is 2.44. The van der Waals surface area contributed by atoms with Gasteiger partial charge in [-0.15, -0.1) is 0 Å². The first-order valence-corrected chi connectivity index (χ1v) is 5.45. The van der Waals surface area contributed by atoms with Crippen LogP contribution in [0, 0.1) is 0 Å². The highest BCUT2D eigenvalue weighted by Gasteiger charge is 1.98. The Bertz CT molecular complexity index is 487. The molecule has 0 bridgehead atoms. The molecule has 0 fully saturated rings. The summed E-state index contributed by atoms with van der Waals surface area (Å²) in [6.45, 7) is 0.386. The van der Waals surface area contributed by atoms with Crippen LogP contribution < -0.4 is 16.0 Å². The molecule has 0 radical (unpaired) electrons. The summed E-state index contributed by atoms with van der Waals surface area (Å²) in [4.78, 5) is 4.17. The Morgan fingerprint density at radius 3 is 2.71 bits per heavy atom. The molecule has 0 aliphatic rings. The molecule has 2 rings (SSSR count). The Morgan fingerprint density at radius 2 is 2.00 bits per heavy atom. The number of ether oxygens (including phenoxy) is 1. The highest BCUT2D eigenvalue weighted by molar-refractivity contribution is 6.30. The SMILES string of the molecule is NNc1ccnc(COc2ccc(Cl)cc2)c1. The molecule has 17 heavy (non-hydrogen) atoms. The van der Waals surface area contributed by atoms with Crippen molar-refractivity contribution in [1.29, 1.82) is 0 Å². The Morgan fingerprint density at radius 1 is 1.24 bits per heavy atom. The lowest BCUT2D eigenvalue weighted by Gasteiger charge is -2.06. The van der Waals surface area contributed by atoms with Gasteiger partial charge in [0, 0.05) is 11.2 Å². The molecule has 1 aromatic heterocycles. The van der Waals surface area contributed by atoms with E-state index < -0.39 is 0 Å². The fraction of sp³-hybridized carbons (Fsp3) is 0.0833. The normalized spacial score (nSPS) is 10.0. The summed E-state index contributed by atoms with van der Waals surface area (Å²) in [6.07, 6.45) is 1.68. The number of pyridine rings is 1. The lowest BCUT2D eigenvalue weighted by atomic mass is 10.3. The minimum Gasteiger partial charge on any atom is -0.487 e. The van der Waals surface area contributed by atoms with E-state index in [2.05, 4.69) is 10.4 Å². The molecule has 0 saturated heterocycles. The third kappa shape index (κ3) is 3.34. The summed E-state index contributed by atoms with van der Waals surface area (Å²) in [5.74, 6) is 6.06. The molecule has 1 heterocycles. The van der Waals surface area contributed by atoms with Crippen molar-refractivity contribution in [3.63, 3.8) is 0 Å². The molecule has 4 nitrogen and oxygen atoms in total. The number of anilines is 1. The number of hydrazine groups is 1. The van der Waals surface area contributed by atoms with Gasteiger partial charge in [-0.3, -0.25) is 10.8 Å². The zero-order valence-electron chi connectivity index (χ0n) is 9.06. The van der Waals surface area contributed by atoms with Crippen LogP contribution in [-0.4, -0.2) is 4.98 Å². The number of aromatic nitrogens is 1. The van der Waals surface area contributed by atoms with Gasteiger partial charge < -0.3 is 10.2 Å². The zero-order chi connectivity index (χ0) is 12.1. The van der Waals surface area contributed by atoms with E-state index in [4.69, 9.17) is 22.2 Å². The van der Waals surface area contributed by atoms with Gasteiger partial charge in [0.1, 0.15) is 12.4 Å². The first-order chi connectivity index (χ1) is 8.28. The zero-order valence-corrected chi connectivity index (χ0v) is 9.82. The van der Waals surface area contributed by atoms with Crippen molar-refractivity contribution in [2.45, 2.75) is 6.61 Å². The topological polar surface area (TPSA) is 60.2 Å². The Balaban J connectivity index is 1.99. The average Bonchev–Trinajstić information content (AvgIpc) is 2.38. The van der Waals surface area contributed by atoms with Crippen LogP contribution in [0.15, 0.2) is 42.6 Å². The number of nitrogens with one attached hydrogen (secondary N) is 1.